The van der Waals surface area contributed by atoms with E-state index < -0.39 is 11.8 Å². The number of aryl methyl sites for hydroxylation is 1. The molecule has 1 heterocycles. The molecule has 4 N–H and O–H groups in total. The number of hydrogen-bond acceptors (Lipinski definition) is 4. The molecule has 0 aliphatic rings. The van der Waals surface area contributed by atoms with Crippen LogP contribution in [0.25, 0.3) is 0 Å². The number of carbonyl (C=O) groups excluding carboxylic acids is 2. The van der Waals surface area contributed by atoms with Crippen LogP contribution in [0.3, 0.4) is 0 Å². The fourth-order valence-corrected chi connectivity index (χ4v) is 1.72. The molecule has 0 saturated heterocycles. The summed E-state index contributed by atoms with van der Waals surface area (Å²) < 4.78 is 0. The van der Waals surface area contributed by atoms with Crippen molar-refractivity contribution in [3.8, 4) is 0 Å². The largest absolute Gasteiger partial charge is 0.397 e. The van der Waals surface area contributed by atoms with E-state index in [2.05, 4.69) is 15.6 Å². The molecule has 108 valence electrons. The van der Waals surface area contributed by atoms with Crippen LogP contribution in [0.2, 0.25) is 0 Å². The monoisotopic (exact) mass is 284 g/mol. The number of pyridine rings is 1. The minimum absolute atomic E-state index is 0.262. The Morgan fingerprint density at radius 2 is 1.86 bits per heavy atom. The van der Waals surface area contributed by atoms with E-state index in [-0.39, 0.29) is 6.54 Å². The molecule has 6 nitrogen and oxygen atoms in total. The standard InChI is InChI=1S/C15H16N4O2/c1-10-2-3-12(16)13(8-10)19-15(21)14(20)18-9-11-4-6-17-7-5-11/h2-8H,9,16H2,1H3,(H,18,20)(H,19,21). The van der Waals surface area contributed by atoms with Gasteiger partial charge in [0.15, 0.2) is 0 Å². The number of amides is 2. The minimum atomic E-state index is -0.749. The second-order valence-corrected chi connectivity index (χ2v) is 4.58. The van der Waals surface area contributed by atoms with Gasteiger partial charge < -0.3 is 16.4 Å². The van der Waals surface area contributed by atoms with Crippen molar-refractivity contribution < 1.29 is 9.59 Å². The van der Waals surface area contributed by atoms with Gasteiger partial charge in [0, 0.05) is 18.9 Å². The van der Waals surface area contributed by atoms with Gasteiger partial charge in [-0.2, -0.15) is 0 Å². The predicted molar refractivity (Wildman–Crippen MR) is 80.3 cm³/mol. The van der Waals surface area contributed by atoms with Crippen molar-refractivity contribution in [1.82, 2.24) is 10.3 Å². The summed E-state index contributed by atoms with van der Waals surface area (Å²) >= 11 is 0. The Kier molecular flexibility index (Phi) is 4.50. The van der Waals surface area contributed by atoms with Gasteiger partial charge in [-0.25, -0.2) is 0 Å². The molecule has 0 saturated carbocycles. The van der Waals surface area contributed by atoms with Crippen LogP contribution in [0, 0.1) is 6.92 Å². The summed E-state index contributed by atoms with van der Waals surface area (Å²) in [6.07, 6.45) is 3.24. The molecule has 2 rings (SSSR count). The lowest BCUT2D eigenvalue weighted by Gasteiger charge is -2.09. The number of hydrogen-bond donors (Lipinski definition) is 3. The molecule has 0 aliphatic carbocycles. The van der Waals surface area contributed by atoms with E-state index >= 15 is 0 Å². The molecular weight excluding hydrogens is 268 g/mol. The van der Waals surface area contributed by atoms with Crippen LogP contribution in [-0.2, 0) is 16.1 Å². The Hall–Kier alpha value is -2.89. The minimum Gasteiger partial charge on any atom is -0.397 e. The van der Waals surface area contributed by atoms with Crippen LogP contribution in [0.1, 0.15) is 11.1 Å². The third kappa shape index (κ3) is 4.04. The summed E-state index contributed by atoms with van der Waals surface area (Å²) in [5.74, 6) is -1.46. The lowest BCUT2D eigenvalue weighted by atomic mass is 10.2. The van der Waals surface area contributed by atoms with Crippen molar-refractivity contribution in [2.75, 3.05) is 11.1 Å². The van der Waals surface area contributed by atoms with E-state index in [4.69, 9.17) is 5.73 Å². The van der Waals surface area contributed by atoms with Gasteiger partial charge in [0.25, 0.3) is 0 Å². The molecular formula is C15H16N4O2. The Morgan fingerprint density at radius 3 is 2.57 bits per heavy atom. The molecule has 0 bridgehead atoms. The first-order valence-electron chi connectivity index (χ1n) is 6.40. The molecule has 1 aromatic heterocycles. The van der Waals surface area contributed by atoms with E-state index in [0.717, 1.165) is 11.1 Å². The molecule has 21 heavy (non-hydrogen) atoms. The molecule has 2 aromatic rings. The highest BCUT2D eigenvalue weighted by Gasteiger charge is 2.14. The first kappa shape index (κ1) is 14.5. The maximum absolute atomic E-state index is 11.8. The van der Waals surface area contributed by atoms with Gasteiger partial charge in [0.05, 0.1) is 11.4 Å². The Bertz CT molecular complexity index is 656. The van der Waals surface area contributed by atoms with E-state index in [0.29, 0.717) is 11.4 Å². The summed E-state index contributed by atoms with van der Waals surface area (Å²) in [5.41, 5.74) is 8.40. The zero-order valence-corrected chi connectivity index (χ0v) is 11.6. The van der Waals surface area contributed by atoms with Crippen LogP contribution >= 0.6 is 0 Å². The number of anilines is 2. The van der Waals surface area contributed by atoms with Crippen molar-refractivity contribution in [3.05, 3.63) is 53.9 Å². The van der Waals surface area contributed by atoms with Gasteiger partial charge in [0.1, 0.15) is 0 Å². The zero-order valence-electron chi connectivity index (χ0n) is 11.6. The second kappa shape index (κ2) is 6.51. The number of benzene rings is 1. The van der Waals surface area contributed by atoms with Gasteiger partial charge in [-0.3, -0.25) is 14.6 Å². The number of nitrogens with one attached hydrogen (secondary N) is 2. The van der Waals surface area contributed by atoms with Crippen LogP contribution < -0.4 is 16.4 Å². The number of rotatable bonds is 3. The van der Waals surface area contributed by atoms with Gasteiger partial charge >= 0.3 is 11.8 Å². The highest BCUT2D eigenvalue weighted by atomic mass is 16.2. The SMILES string of the molecule is Cc1ccc(N)c(NC(=O)C(=O)NCc2ccncc2)c1. The molecule has 2 amide bonds. The molecule has 0 spiro atoms. The van der Waals surface area contributed by atoms with Crippen molar-refractivity contribution in [2.24, 2.45) is 0 Å². The summed E-state index contributed by atoms with van der Waals surface area (Å²) in [6.45, 7) is 2.14. The number of nitrogens with zero attached hydrogens (tertiary/aromatic N) is 1. The number of carbonyl (C=O) groups is 2. The molecule has 1 aromatic carbocycles. The third-order valence-electron chi connectivity index (χ3n) is 2.87. The first-order chi connectivity index (χ1) is 10.1. The first-order valence-corrected chi connectivity index (χ1v) is 6.40. The quantitative estimate of drug-likeness (QED) is 0.583. The highest BCUT2D eigenvalue weighted by Crippen LogP contribution is 2.19. The number of aromatic nitrogens is 1. The van der Waals surface area contributed by atoms with Crippen LogP contribution in [0.15, 0.2) is 42.7 Å². The average molecular weight is 284 g/mol. The van der Waals surface area contributed by atoms with Gasteiger partial charge in [-0.1, -0.05) is 6.07 Å². The smallest absolute Gasteiger partial charge is 0.313 e. The summed E-state index contributed by atoms with van der Waals surface area (Å²) in [5, 5.41) is 5.03. The maximum atomic E-state index is 11.8. The van der Waals surface area contributed by atoms with E-state index in [1.807, 2.05) is 13.0 Å². The van der Waals surface area contributed by atoms with E-state index in [1.54, 1.807) is 36.7 Å². The number of nitrogens with two attached hydrogens (primary N) is 1. The molecule has 0 aliphatic heterocycles. The normalized spacial score (nSPS) is 9.95. The molecule has 0 atom stereocenters. The van der Waals surface area contributed by atoms with Gasteiger partial charge in [0.2, 0.25) is 0 Å². The van der Waals surface area contributed by atoms with E-state index in [1.165, 1.54) is 0 Å². The highest BCUT2D eigenvalue weighted by molar-refractivity contribution is 6.39. The zero-order chi connectivity index (χ0) is 15.2. The van der Waals surface area contributed by atoms with Crippen molar-refractivity contribution >= 4 is 23.2 Å². The Morgan fingerprint density at radius 1 is 1.14 bits per heavy atom. The Balaban J connectivity index is 1.94. The molecule has 0 unspecified atom stereocenters. The lowest BCUT2D eigenvalue weighted by Crippen LogP contribution is -2.35. The molecule has 0 fully saturated rings. The second-order valence-electron chi connectivity index (χ2n) is 4.58. The number of nitrogen functional groups attached to an aromatic ring is 1. The van der Waals surface area contributed by atoms with Crippen LogP contribution in [0.4, 0.5) is 11.4 Å². The van der Waals surface area contributed by atoms with Gasteiger partial charge in [-0.15, -0.1) is 0 Å². The average Bonchev–Trinajstić information content (AvgIpc) is 2.49. The van der Waals surface area contributed by atoms with Crippen molar-refractivity contribution in [1.29, 1.82) is 0 Å². The van der Waals surface area contributed by atoms with Crippen molar-refractivity contribution in [3.63, 3.8) is 0 Å². The van der Waals surface area contributed by atoms with E-state index in [9.17, 15) is 9.59 Å². The van der Waals surface area contributed by atoms with Crippen LogP contribution in [-0.4, -0.2) is 16.8 Å². The lowest BCUT2D eigenvalue weighted by molar-refractivity contribution is -0.136. The fraction of sp³-hybridized carbons (Fsp3) is 0.133. The predicted octanol–water partition coefficient (Wildman–Crippen LogP) is 1.23. The molecule has 6 heteroatoms. The molecule has 0 radical (unpaired) electrons. The maximum Gasteiger partial charge on any atom is 0.313 e. The topological polar surface area (TPSA) is 97.1 Å². The summed E-state index contributed by atoms with van der Waals surface area (Å²) in [6, 6.07) is 8.74. The Labute approximate surface area is 122 Å². The third-order valence-corrected chi connectivity index (χ3v) is 2.87. The van der Waals surface area contributed by atoms with Gasteiger partial charge in [-0.05, 0) is 42.3 Å². The fourth-order valence-electron chi connectivity index (χ4n) is 1.72. The summed E-state index contributed by atoms with van der Waals surface area (Å²) in [7, 11) is 0. The summed E-state index contributed by atoms with van der Waals surface area (Å²) in [4.78, 5) is 27.4. The van der Waals surface area contributed by atoms with Crippen LogP contribution in [0.5, 0.6) is 0 Å². The van der Waals surface area contributed by atoms with Crippen molar-refractivity contribution in [2.45, 2.75) is 13.5 Å².